The molecule has 2 atom stereocenters. The highest BCUT2D eigenvalue weighted by atomic mass is 16.3. The van der Waals surface area contributed by atoms with Gasteiger partial charge in [0.1, 0.15) is 0 Å². The van der Waals surface area contributed by atoms with Gasteiger partial charge in [0, 0.05) is 11.3 Å². The summed E-state index contributed by atoms with van der Waals surface area (Å²) in [6, 6.07) is 16.7. The number of aliphatic hydroxyl groups excluding tert-OH is 1. The number of nitrogens with one attached hydrogen (secondary N) is 1. The van der Waals surface area contributed by atoms with E-state index in [1.807, 2.05) is 12.1 Å². The number of benzene rings is 2. The Labute approximate surface area is 241 Å². The fourth-order valence-electron chi connectivity index (χ4n) is 6.41. The maximum atomic E-state index is 11.5. The van der Waals surface area contributed by atoms with Gasteiger partial charge in [-0.15, -0.1) is 15.3 Å². The Morgan fingerprint density at radius 3 is 2.63 bits per heavy atom. The van der Waals surface area contributed by atoms with Gasteiger partial charge in [0.15, 0.2) is 5.82 Å². The van der Waals surface area contributed by atoms with Gasteiger partial charge in [-0.3, -0.25) is 0 Å². The molecule has 0 saturated heterocycles. The first kappa shape index (κ1) is 27.4. The molecule has 4 aromatic rings. The van der Waals surface area contributed by atoms with Crippen LogP contribution in [0.25, 0.3) is 17.1 Å². The Kier molecular flexibility index (Phi) is 7.98. The van der Waals surface area contributed by atoms with Crippen molar-refractivity contribution in [1.29, 1.82) is 0 Å². The Morgan fingerprint density at radius 1 is 0.976 bits per heavy atom. The molecule has 9 nitrogen and oxygen atoms in total. The van der Waals surface area contributed by atoms with Gasteiger partial charge in [-0.1, -0.05) is 44.2 Å². The van der Waals surface area contributed by atoms with Crippen molar-refractivity contribution in [1.82, 2.24) is 29.9 Å². The van der Waals surface area contributed by atoms with Crippen LogP contribution in [0, 0.1) is 5.92 Å². The molecular formula is C32H40N8O. The summed E-state index contributed by atoms with van der Waals surface area (Å²) in [5.41, 5.74) is 13.6. The molecule has 6 rings (SSSR count). The number of rotatable bonds is 8. The molecule has 2 heterocycles. The zero-order valence-electron chi connectivity index (χ0n) is 24.1. The molecule has 0 fully saturated rings. The van der Waals surface area contributed by atoms with Crippen molar-refractivity contribution in [3.8, 4) is 17.1 Å². The quantitative estimate of drug-likeness (QED) is 0.254. The van der Waals surface area contributed by atoms with Gasteiger partial charge in [-0.05, 0) is 111 Å². The van der Waals surface area contributed by atoms with Crippen LogP contribution in [0.2, 0.25) is 0 Å². The normalized spacial score (nSPS) is 18.2. The highest BCUT2D eigenvalue weighted by Gasteiger charge is 2.27. The van der Waals surface area contributed by atoms with Crippen LogP contribution in [0.15, 0.2) is 48.5 Å². The summed E-state index contributed by atoms with van der Waals surface area (Å²) < 4.78 is 1.62. The van der Waals surface area contributed by atoms with Gasteiger partial charge in [0.25, 0.3) is 0 Å². The highest BCUT2D eigenvalue weighted by molar-refractivity contribution is 5.68. The minimum Gasteiger partial charge on any atom is -0.388 e. The molecule has 2 aromatic carbocycles. The molecule has 2 unspecified atom stereocenters. The smallest absolute Gasteiger partial charge is 0.241 e. The van der Waals surface area contributed by atoms with Crippen molar-refractivity contribution in [3.05, 3.63) is 70.8 Å². The van der Waals surface area contributed by atoms with E-state index in [9.17, 15) is 5.11 Å². The second kappa shape index (κ2) is 12.0. The molecule has 9 heteroatoms. The number of nitrogens with two attached hydrogens (primary N) is 1. The third-order valence-corrected chi connectivity index (χ3v) is 8.76. The standard InChI is InChI=1S/C32H40N8O/c1-3-39(4-2)18-17-23-12-7-11-22-15-16-25(20-27(22)30(23)41)34-32-35-31(33)38-40(32)28-19-24-13-8-10-21-9-5-6-14-26(21)29(24)37-36-28/h5-6,9,14-16,19-20,23,30,41H,3-4,7-8,10-13,17-18H2,1-2H3,(H3,33,34,35,38). The largest absolute Gasteiger partial charge is 0.388 e. The molecule has 0 radical (unpaired) electrons. The van der Waals surface area contributed by atoms with Crippen LogP contribution in [0.3, 0.4) is 0 Å². The van der Waals surface area contributed by atoms with E-state index in [1.165, 1.54) is 11.1 Å². The molecule has 0 aliphatic heterocycles. The Bertz CT molecular complexity index is 1510. The van der Waals surface area contributed by atoms with Crippen LogP contribution < -0.4 is 11.1 Å². The summed E-state index contributed by atoms with van der Waals surface area (Å²) in [6.07, 6.45) is 6.58. The van der Waals surface area contributed by atoms with Crippen LogP contribution in [0.1, 0.15) is 67.9 Å². The fraction of sp³-hybridized carbons (Fsp3) is 0.438. The van der Waals surface area contributed by atoms with E-state index < -0.39 is 6.10 Å². The zero-order valence-corrected chi connectivity index (χ0v) is 24.1. The molecule has 0 bridgehead atoms. The molecule has 0 spiro atoms. The number of nitrogens with zero attached hydrogens (tertiary/aromatic N) is 6. The highest BCUT2D eigenvalue weighted by Crippen LogP contribution is 2.37. The second-order valence-electron chi connectivity index (χ2n) is 11.2. The molecule has 0 amide bonds. The monoisotopic (exact) mass is 552 g/mol. The number of nitrogen functional groups attached to an aromatic ring is 1. The number of hydrogen-bond acceptors (Lipinski definition) is 8. The molecule has 0 saturated carbocycles. The van der Waals surface area contributed by atoms with Crippen molar-refractivity contribution in [2.24, 2.45) is 5.92 Å². The first-order valence-electron chi connectivity index (χ1n) is 15.0. The summed E-state index contributed by atoms with van der Waals surface area (Å²) in [6.45, 7) is 7.48. The number of hydrogen-bond donors (Lipinski definition) is 3. The first-order valence-corrected chi connectivity index (χ1v) is 15.0. The maximum Gasteiger partial charge on any atom is 0.241 e. The summed E-state index contributed by atoms with van der Waals surface area (Å²) in [5.74, 6) is 1.43. The molecule has 2 aromatic heterocycles. The van der Waals surface area contributed by atoms with Crippen LogP contribution >= 0.6 is 0 Å². The molecule has 2 aliphatic rings. The Morgan fingerprint density at radius 2 is 1.78 bits per heavy atom. The van der Waals surface area contributed by atoms with Crippen molar-refractivity contribution in [3.63, 3.8) is 0 Å². The lowest BCUT2D eigenvalue weighted by Crippen LogP contribution is -2.27. The van der Waals surface area contributed by atoms with E-state index in [0.717, 1.165) is 92.7 Å². The molecule has 214 valence electrons. The van der Waals surface area contributed by atoms with E-state index in [-0.39, 0.29) is 11.9 Å². The summed E-state index contributed by atoms with van der Waals surface area (Å²) in [7, 11) is 0. The van der Waals surface area contributed by atoms with Crippen molar-refractivity contribution < 1.29 is 5.11 Å². The SMILES string of the molecule is CCN(CC)CCC1CCCc2ccc(Nc3nc(N)nn3-c3cc4c(nn3)-c3ccccc3CCC4)cc2C1O. The van der Waals surface area contributed by atoms with Crippen LogP contribution in [-0.2, 0) is 19.3 Å². The molecule has 2 aliphatic carbocycles. The third kappa shape index (κ3) is 5.69. The predicted molar refractivity (Wildman–Crippen MR) is 162 cm³/mol. The van der Waals surface area contributed by atoms with Crippen molar-refractivity contribution in [2.75, 3.05) is 30.7 Å². The summed E-state index contributed by atoms with van der Waals surface area (Å²) in [4.78, 5) is 6.89. The van der Waals surface area contributed by atoms with E-state index in [1.54, 1.807) is 4.68 Å². The molecule has 4 N–H and O–H groups in total. The minimum atomic E-state index is -0.494. The lowest BCUT2D eigenvalue weighted by atomic mass is 9.90. The lowest BCUT2D eigenvalue weighted by molar-refractivity contribution is 0.0917. The maximum absolute atomic E-state index is 11.5. The molecule has 41 heavy (non-hydrogen) atoms. The number of aliphatic hydroxyl groups is 1. The number of aromatic nitrogens is 5. The molecular weight excluding hydrogens is 512 g/mol. The Balaban J connectivity index is 1.26. The van der Waals surface area contributed by atoms with Crippen LogP contribution in [0.5, 0.6) is 0 Å². The van der Waals surface area contributed by atoms with E-state index >= 15 is 0 Å². The van der Waals surface area contributed by atoms with E-state index in [2.05, 4.69) is 80.7 Å². The third-order valence-electron chi connectivity index (χ3n) is 8.76. The Hall–Kier alpha value is -3.82. The summed E-state index contributed by atoms with van der Waals surface area (Å²) >= 11 is 0. The van der Waals surface area contributed by atoms with Crippen LogP contribution in [0.4, 0.5) is 17.6 Å². The van der Waals surface area contributed by atoms with Crippen LogP contribution in [-0.4, -0.2) is 54.6 Å². The zero-order chi connectivity index (χ0) is 28.3. The number of fused-ring (bicyclic) bond motifs is 4. The van der Waals surface area contributed by atoms with Gasteiger partial charge in [-0.2, -0.15) is 9.67 Å². The summed E-state index contributed by atoms with van der Waals surface area (Å²) in [5, 5.41) is 28.5. The van der Waals surface area contributed by atoms with Crippen molar-refractivity contribution >= 4 is 17.6 Å². The van der Waals surface area contributed by atoms with Gasteiger partial charge < -0.3 is 21.1 Å². The van der Waals surface area contributed by atoms with Gasteiger partial charge >= 0.3 is 0 Å². The fourth-order valence-corrected chi connectivity index (χ4v) is 6.41. The lowest BCUT2D eigenvalue weighted by Gasteiger charge is -2.26. The van der Waals surface area contributed by atoms with Gasteiger partial charge in [0.05, 0.1) is 11.8 Å². The number of anilines is 3. The average molecular weight is 553 g/mol. The van der Waals surface area contributed by atoms with E-state index in [4.69, 9.17) is 5.73 Å². The minimum absolute atomic E-state index is 0.154. The van der Waals surface area contributed by atoms with Gasteiger partial charge in [0.2, 0.25) is 11.9 Å². The van der Waals surface area contributed by atoms with Gasteiger partial charge in [-0.25, -0.2) is 0 Å². The topological polar surface area (TPSA) is 118 Å². The van der Waals surface area contributed by atoms with Crippen molar-refractivity contribution in [2.45, 2.75) is 64.9 Å². The van der Waals surface area contributed by atoms with E-state index in [0.29, 0.717) is 11.8 Å². The average Bonchev–Trinajstić information content (AvgIpc) is 3.16. The second-order valence-corrected chi connectivity index (χ2v) is 11.2. The predicted octanol–water partition coefficient (Wildman–Crippen LogP) is 5.26. The first-order chi connectivity index (χ1) is 20.0. The number of aryl methyl sites for hydroxylation is 3.